The zero-order valence-electron chi connectivity index (χ0n) is 11.2. The first kappa shape index (κ1) is 16.7. The van der Waals surface area contributed by atoms with E-state index >= 15 is 0 Å². The predicted octanol–water partition coefficient (Wildman–Crippen LogP) is 2.79. The highest BCUT2D eigenvalue weighted by atomic mass is 35.7. The van der Waals surface area contributed by atoms with Crippen molar-refractivity contribution in [1.29, 1.82) is 0 Å². The van der Waals surface area contributed by atoms with Gasteiger partial charge >= 0.3 is 0 Å². The van der Waals surface area contributed by atoms with Gasteiger partial charge in [-0.25, -0.2) is 12.8 Å². The highest BCUT2D eigenvalue weighted by Crippen LogP contribution is 2.19. The molecule has 0 aliphatic carbocycles. The van der Waals surface area contributed by atoms with Gasteiger partial charge in [-0.05, 0) is 32.0 Å². The van der Waals surface area contributed by atoms with Crippen molar-refractivity contribution >= 4 is 25.6 Å². The molecule has 0 atom stereocenters. The number of likely N-dealkylation sites (N-methyl/N-ethyl adjacent to an activating group) is 1. The molecule has 0 radical (unpaired) electrons. The largest absolute Gasteiger partial charge is 0.335 e. The Balaban J connectivity index is 3.22. The molecule has 0 fully saturated rings. The van der Waals surface area contributed by atoms with E-state index < -0.39 is 25.7 Å². The van der Waals surface area contributed by atoms with Gasteiger partial charge in [-0.2, -0.15) is 0 Å². The van der Waals surface area contributed by atoms with Crippen molar-refractivity contribution in [3.8, 4) is 0 Å². The molecule has 0 unspecified atom stereocenters. The average molecular weight is 320 g/mol. The molecule has 0 spiro atoms. The van der Waals surface area contributed by atoms with Crippen LogP contribution in [-0.2, 0) is 9.05 Å². The Bertz CT molecular complexity index is 643. The summed E-state index contributed by atoms with van der Waals surface area (Å²) in [6.45, 7) is 7.94. The van der Waals surface area contributed by atoms with E-state index in [9.17, 15) is 17.6 Å². The summed E-state index contributed by atoms with van der Waals surface area (Å²) in [6, 6.07) is 2.82. The molecule has 1 aromatic carbocycles. The average Bonchev–Trinajstić information content (AvgIpc) is 2.33. The summed E-state index contributed by atoms with van der Waals surface area (Å²) in [6.07, 6.45) is 0. The molecule has 0 saturated heterocycles. The zero-order chi connectivity index (χ0) is 15.5. The SMILES string of the molecule is C=C(C)CN(CC)C(=O)c1cc(F)cc(S(=O)(=O)Cl)c1. The molecule has 0 aromatic heterocycles. The van der Waals surface area contributed by atoms with E-state index in [1.165, 1.54) is 4.90 Å². The lowest BCUT2D eigenvalue weighted by atomic mass is 10.2. The maximum Gasteiger partial charge on any atom is 0.261 e. The fraction of sp³-hybridized carbons (Fsp3) is 0.308. The number of hydrogen-bond donors (Lipinski definition) is 0. The lowest BCUT2D eigenvalue weighted by molar-refractivity contribution is 0.0777. The number of carbonyl (C=O) groups excluding carboxylic acids is 1. The summed E-state index contributed by atoms with van der Waals surface area (Å²) >= 11 is 0. The topological polar surface area (TPSA) is 54.5 Å². The zero-order valence-corrected chi connectivity index (χ0v) is 12.8. The van der Waals surface area contributed by atoms with Crippen molar-refractivity contribution in [2.24, 2.45) is 0 Å². The van der Waals surface area contributed by atoms with Gasteiger partial charge in [0, 0.05) is 29.3 Å². The summed E-state index contributed by atoms with van der Waals surface area (Å²) < 4.78 is 35.9. The normalized spacial score (nSPS) is 11.2. The van der Waals surface area contributed by atoms with Gasteiger partial charge in [0.15, 0.2) is 0 Å². The van der Waals surface area contributed by atoms with Gasteiger partial charge in [0.1, 0.15) is 5.82 Å². The van der Waals surface area contributed by atoms with Crippen LogP contribution in [0.3, 0.4) is 0 Å². The van der Waals surface area contributed by atoms with E-state index in [4.69, 9.17) is 10.7 Å². The van der Waals surface area contributed by atoms with Crippen molar-refractivity contribution < 1.29 is 17.6 Å². The second-order valence-corrected chi connectivity index (χ2v) is 6.96. The minimum atomic E-state index is -4.09. The van der Waals surface area contributed by atoms with E-state index in [1.807, 2.05) is 0 Å². The second kappa shape index (κ2) is 6.37. The first-order valence-corrected chi connectivity index (χ1v) is 8.15. The summed E-state index contributed by atoms with van der Waals surface area (Å²) in [5, 5.41) is 0. The fourth-order valence-electron chi connectivity index (χ4n) is 1.66. The molecule has 0 aliphatic rings. The summed E-state index contributed by atoms with van der Waals surface area (Å²) in [7, 11) is 1.08. The van der Waals surface area contributed by atoms with E-state index in [0.717, 1.165) is 23.8 Å². The molecule has 1 amide bonds. The molecule has 4 nitrogen and oxygen atoms in total. The van der Waals surface area contributed by atoms with Crippen molar-refractivity contribution in [3.05, 3.63) is 41.7 Å². The first-order valence-electron chi connectivity index (χ1n) is 5.84. The Kier molecular flexibility index (Phi) is 5.30. The van der Waals surface area contributed by atoms with E-state index in [-0.39, 0.29) is 5.56 Å². The third-order valence-corrected chi connectivity index (χ3v) is 3.86. The standard InChI is InChI=1S/C13H15ClFNO3S/c1-4-16(8-9(2)3)13(17)10-5-11(15)7-12(6-10)20(14,18)19/h5-7H,2,4,8H2,1,3H3. The van der Waals surface area contributed by atoms with Crippen LogP contribution in [0, 0.1) is 5.82 Å². The molecule has 110 valence electrons. The molecule has 0 saturated carbocycles. The van der Waals surface area contributed by atoms with Gasteiger partial charge in [-0.15, -0.1) is 0 Å². The van der Waals surface area contributed by atoms with Gasteiger partial charge in [0.25, 0.3) is 15.0 Å². The molecule has 20 heavy (non-hydrogen) atoms. The Hall–Kier alpha value is -1.40. The Morgan fingerprint density at radius 3 is 2.45 bits per heavy atom. The molecule has 7 heteroatoms. The van der Waals surface area contributed by atoms with Gasteiger partial charge < -0.3 is 4.90 Å². The predicted molar refractivity (Wildman–Crippen MR) is 75.8 cm³/mol. The van der Waals surface area contributed by atoms with Crippen molar-refractivity contribution in [3.63, 3.8) is 0 Å². The lowest BCUT2D eigenvalue weighted by Crippen LogP contribution is -2.32. The van der Waals surface area contributed by atoms with Crippen LogP contribution >= 0.6 is 10.7 Å². The van der Waals surface area contributed by atoms with Crippen LogP contribution in [0.25, 0.3) is 0 Å². The van der Waals surface area contributed by atoms with E-state index in [2.05, 4.69) is 6.58 Å². The van der Waals surface area contributed by atoms with E-state index in [1.54, 1.807) is 13.8 Å². The van der Waals surface area contributed by atoms with Crippen molar-refractivity contribution in [1.82, 2.24) is 4.90 Å². The Morgan fingerprint density at radius 2 is 2.00 bits per heavy atom. The fourth-order valence-corrected chi connectivity index (χ4v) is 2.45. The van der Waals surface area contributed by atoms with Gasteiger partial charge in [0.2, 0.25) is 0 Å². The van der Waals surface area contributed by atoms with Gasteiger partial charge in [0.05, 0.1) is 4.90 Å². The maximum atomic E-state index is 13.4. The second-order valence-electron chi connectivity index (χ2n) is 4.39. The van der Waals surface area contributed by atoms with Crippen LogP contribution in [0.2, 0.25) is 0 Å². The minimum absolute atomic E-state index is 0.0627. The van der Waals surface area contributed by atoms with Crippen LogP contribution in [-0.4, -0.2) is 32.3 Å². The Morgan fingerprint density at radius 1 is 1.40 bits per heavy atom. The van der Waals surface area contributed by atoms with Crippen LogP contribution < -0.4 is 0 Å². The molecule has 1 rings (SSSR count). The Labute approximate surface area is 122 Å². The third-order valence-electron chi connectivity index (χ3n) is 2.53. The van der Waals surface area contributed by atoms with Crippen molar-refractivity contribution in [2.75, 3.05) is 13.1 Å². The van der Waals surface area contributed by atoms with Crippen LogP contribution in [0.5, 0.6) is 0 Å². The number of nitrogens with zero attached hydrogens (tertiary/aromatic N) is 1. The highest BCUT2D eigenvalue weighted by Gasteiger charge is 2.19. The van der Waals surface area contributed by atoms with Crippen LogP contribution in [0.1, 0.15) is 24.2 Å². The number of carbonyl (C=O) groups is 1. The van der Waals surface area contributed by atoms with Crippen molar-refractivity contribution in [2.45, 2.75) is 18.7 Å². The molecule has 0 aliphatic heterocycles. The monoisotopic (exact) mass is 319 g/mol. The number of benzene rings is 1. The number of rotatable bonds is 5. The minimum Gasteiger partial charge on any atom is -0.335 e. The summed E-state index contributed by atoms with van der Waals surface area (Å²) in [4.78, 5) is 13.2. The smallest absolute Gasteiger partial charge is 0.261 e. The first-order chi connectivity index (χ1) is 9.15. The lowest BCUT2D eigenvalue weighted by Gasteiger charge is -2.21. The number of amides is 1. The molecule has 1 aromatic rings. The summed E-state index contributed by atoms with van der Waals surface area (Å²) in [5.74, 6) is -1.31. The molecular weight excluding hydrogens is 305 g/mol. The summed E-state index contributed by atoms with van der Waals surface area (Å²) in [5.41, 5.74) is 0.703. The van der Waals surface area contributed by atoms with Gasteiger partial charge in [-0.3, -0.25) is 4.79 Å². The number of hydrogen-bond acceptors (Lipinski definition) is 3. The number of halogens is 2. The van der Waals surface area contributed by atoms with E-state index in [0.29, 0.717) is 13.1 Å². The highest BCUT2D eigenvalue weighted by molar-refractivity contribution is 8.13. The van der Waals surface area contributed by atoms with Gasteiger partial charge in [-0.1, -0.05) is 12.2 Å². The molecule has 0 heterocycles. The van der Waals surface area contributed by atoms with Crippen LogP contribution in [0.4, 0.5) is 4.39 Å². The molecular formula is C13H15ClFNO3S. The van der Waals surface area contributed by atoms with Crippen LogP contribution in [0.15, 0.2) is 35.2 Å². The molecule has 0 N–H and O–H groups in total. The third kappa shape index (κ3) is 4.31. The molecule has 0 bridgehead atoms. The maximum absolute atomic E-state index is 13.4. The quantitative estimate of drug-likeness (QED) is 0.619.